The van der Waals surface area contributed by atoms with Crippen molar-refractivity contribution in [2.24, 2.45) is 0 Å². The van der Waals surface area contributed by atoms with Crippen molar-refractivity contribution in [1.29, 1.82) is 0 Å². The molecule has 0 saturated carbocycles. The third-order valence-electron chi connectivity index (χ3n) is 6.72. The predicted octanol–water partition coefficient (Wildman–Crippen LogP) is 5.25. The largest absolute Gasteiger partial charge is 0.416 e. The van der Waals surface area contributed by atoms with E-state index in [9.17, 15) is 18.0 Å². The van der Waals surface area contributed by atoms with Gasteiger partial charge in [-0.15, -0.1) is 0 Å². The highest BCUT2D eigenvalue weighted by molar-refractivity contribution is 6.08. The monoisotopic (exact) mass is 520 g/mol. The van der Waals surface area contributed by atoms with Gasteiger partial charge in [0.05, 0.1) is 47.9 Å². The van der Waals surface area contributed by atoms with Crippen molar-refractivity contribution in [2.75, 3.05) is 43.2 Å². The molecule has 1 saturated heterocycles. The average Bonchev–Trinajstić information content (AvgIpc) is 2.93. The Labute approximate surface area is 216 Å². The maximum atomic E-state index is 13.5. The number of aromatic nitrogens is 3. The molecule has 4 aromatic rings. The molecule has 11 heteroatoms. The summed E-state index contributed by atoms with van der Waals surface area (Å²) in [5.41, 5.74) is 2.72. The molecule has 3 aromatic heterocycles. The Balaban J connectivity index is 1.45. The number of morpholine rings is 1. The van der Waals surface area contributed by atoms with Crippen LogP contribution in [0.2, 0.25) is 0 Å². The Morgan fingerprint density at radius 2 is 1.79 bits per heavy atom. The van der Waals surface area contributed by atoms with Gasteiger partial charge in [0.15, 0.2) is 0 Å². The molecule has 194 valence electrons. The topological polar surface area (TPSA) is 74.7 Å². The van der Waals surface area contributed by atoms with Crippen molar-refractivity contribution in [3.05, 3.63) is 72.1 Å². The number of carbonyl (C=O) groups is 1. The summed E-state index contributed by atoms with van der Waals surface area (Å²) in [5.74, 6) is 0.848. The summed E-state index contributed by atoms with van der Waals surface area (Å²) in [7, 11) is 1.60. The zero-order valence-electron chi connectivity index (χ0n) is 20.4. The summed E-state index contributed by atoms with van der Waals surface area (Å²) in [6.45, 7) is 3.11. The van der Waals surface area contributed by atoms with Crippen LogP contribution < -0.4 is 9.80 Å². The number of pyridine rings is 3. The number of hydrogen-bond donors (Lipinski definition) is 0. The van der Waals surface area contributed by atoms with Crippen LogP contribution in [0.4, 0.5) is 35.2 Å². The maximum Gasteiger partial charge on any atom is 0.416 e. The van der Waals surface area contributed by atoms with Crippen molar-refractivity contribution >= 4 is 34.3 Å². The van der Waals surface area contributed by atoms with Crippen molar-refractivity contribution < 1.29 is 22.7 Å². The van der Waals surface area contributed by atoms with Gasteiger partial charge in [-0.05, 0) is 42.5 Å². The lowest BCUT2D eigenvalue weighted by atomic mass is 10.1. The molecule has 38 heavy (non-hydrogen) atoms. The minimum Gasteiger partial charge on any atom is -0.378 e. The van der Waals surface area contributed by atoms with Crippen molar-refractivity contribution in [3.8, 4) is 11.3 Å². The van der Waals surface area contributed by atoms with Gasteiger partial charge in [0.25, 0.3) is 0 Å². The van der Waals surface area contributed by atoms with E-state index in [2.05, 4.69) is 14.9 Å². The lowest BCUT2D eigenvalue weighted by Gasteiger charge is -2.35. The molecule has 6 rings (SSSR count). The molecule has 0 unspecified atom stereocenters. The molecule has 2 amide bonds. The highest BCUT2D eigenvalue weighted by Gasteiger charge is 2.35. The Hall–Kier alpha value is -4.25. The fraction of sp³-hybridized carbons (Fsp3) is 0.259. The molecule has 8 nitrogen and oxygen atoms in total. The number of benzene rings is 1. The van der Waals surface area contributed by atoms with Crippen LogP contribution in [0.15, 0.2) is 60.9 Å². The van der Waals surface area contributed by atoms with Gasteiger partial charge < -0.3 is 14.5 Å². The Morgan fingerprint density at radius 1 is 0.974 bits per heavy atom. The predicted molar refractivity (Wildman–Crippen MR) is 136 cm³/mol. The summed E-state index contributed by atoms with van der Waals surface area (Å²) in [6, 6.07) is 11.8. The normalized spacial score (nSPS) is 16.2. The molecule has 5 heterocycles. The molecule has 0 spiro atoms. The van der Waals surface area contributed by atoms with Crippen LogP contribution in [0, 0.1) is 0 Å². The fourth-order valence-electron chi connectivity index (χ4n) is 4.78. The van der Waals surface area contributed by atoms with Gasteiger partial charge in [-0.2, -0.15) is 13.2 Å². The summed E-state index contributed by atoms with van der Waals surface area (Å²) in [6.07, 6.45) is -1.16. The second kappa shape index (κ2) is 9.25. The van der Waals surface area contributed by atoms with Crippen LogP contribution in [0.3, 0.4) is 0 Å². The number of amides is 2. The molecule has 2 aliphatic rings. The van der Waals surface area contributed by atoms with Gasteiger partial charge in [0.2, 0.25) is 0 Å². The third kappa shape index (κ3) is 4.28. The van der Waals surface area contributed by atoms with Gasteiger partial charge in [-0.25, -0.2) is 14.8 Å². The minimum absolute atomic E-state index is 0.105. The number of alkyl halides is 3. The van der Waals surface area contributed by atoms with E-state index in [-0.39, 0.29) is 12.2 Å². The van der Waals surface area contributed by atoms with Gasteiger partial charge in [0.1, 0.15) is 11.3 Å². The van der Waals surface area contributed by atoms with E-state index in [0.29, 0.717) is 41.2 Å². The minimum atomic E-state index is -4.55. The lowest BCUT2D eigenvalue weighted by Crippen LogP contribution is -2.42. The van der Waals surface area contributed by atoms with E-state index >= 15 is 0 Å². The van der Waals surface area contributed by atoms with Gasteiger partial charge in [-0.1, -0.05) is 6.07 Å². The van der Waals surface area contributed by atoms with Crippen molar-refractivity contribution in [2.45, 2.75) is 12.7 Å². The summed E-state index contributed by atoms with van der Waals surface area (Å²) >= 11 is 0. The van der Waals surface area contributed by atoms with E-state index in [0.717, 1.165) is 36.6 Å². The lowest BCUT2D eigenvalue weighted by molar-refractivity contribution is -0.137. The van der Waals surface area contributed by atoms with E-state index in [4.69, 9.17) is 9.72 Å². The number of anilines is 3. The molecule has 2 aliphatic heterocycles. The number of carbonyl (C=O) groups excluding carboxylic acids is 1. The molecule has 0 aliphatic carbocycles. The molecule has 0 radical (unpaired) electrons. The van der Waals surface area contributed by atoms with Gasteiger partial charge in [-0.3, -0.25) is 9.88 Å². The maximum absolute atomic E-state index is 13.5. The van der Waals surface area contributed by atoms with E-state index < -0.39 is 17.8 Å². The number of rotatable bonds is 3. The first-order chi connectivity index (χ1) is 18.3. The SMILES string of the molecule is CN1Cc2cnc3ccc(-c4ccc(N5CCOCC5)nc4)nc3c2N(c2cccc(C(F)(F)F)c2)C1=O. The molecule has 1 aromatic carbocycles. The Kier molecular flexibility index (Phi) is 5.87. The summed E-state index contributed by atoms with van der Waals surface area (Å²) < 4.78 is 45.9. The molecule has 1 fully saturated rings. The number of urea groups is 1. The molecular weight excluding hydrogens is 497 g/mol. The Morgan fingerprint density at radius 3 is 2.53 bits per heavy atom. The van der Waals surface area contributed by atoms with Crippen molar-refractivity contribution in [1.82, 2.24) is 19.9 Å². The number of ether oxygens (including phenoxy) is 1. The van der Waals surface area contributed by atoms with Crippen LogP contribution >= 0.6 is 0 Å². The van der Waals surface area contributed by atoms with Crippen LogP contribution in [-0.2, 0) is 17.5 Å². The highest BCUT2D eigenvalue weighted by Crippen LogP contribution is 2.41. The average molecular weight is 521 g/mol. The number of nitrogens with zero attached hydrogens (tertiary/aromatic N) is 6. The summed E-state index contributed by atoms with van der Waals surface area (Å²) in [5, 5.41) is 0. The zero-order valence-corrected chi connectivity index (χ0v) is 20.4. The zero-order chi connectivity index (χ0) is 26.4. The smallest absolute Gasteiger partial charge is 0.378 e. The molecular formula is C27H23F3N6O2. The standard InChI is InChI=1S/C27H23F3N6O2/c1-34-16-18-15-31-22-7-6-21(17-5-8-23(32-14-17)35-9-11-38-12-10-35)33-24(22)25(18)36(26(34)37)20-4-2-3-19(13-20)27(28,29)30/h2-8,13-15H,9-12,16H2,1H3. The first kappa shape index (κ1) is 24.1. The van der Waals surface area contributed by atoms with Crippen molar-refractivity contribution in [3.63, 3.8) is 0 Å². The van der Waals surface area contributed by atoms with E-state index in [1.807, 2.05) is 18.2 Å². The van der Waals surface area contributed by atoms with Crippen LogP contribution in [0.1, 0.15) is 11.1 Å². The second-order valence-electron chi connectivity index (χ2n) is 9.22. The molecule has 0 bridgehead atoms. The fourth-order valence-corrected chi connectivity index (χ4v) is 4.78. The van der Waals surface area contributed by atoms with Crippen LogP contribution in [0.25, 0.3) is 22.3 Å². The quantitative estimate of drug-likeness (QED) is 0.367. The Bertz CT molecular complexity index is 1520. The first-order valence-electron chi connectivity index (χ1n) is 12.1. The first-order valence-corrected chi connectivity index (χ1v) is 12.1. The van der Waals surface area contributed by atoms with E-state index in [1.165, 1.54) is 21.9 Å². The number of hydrogen-bond acceptors (Lipinski definition) is 6. The third-order valence-corrected chi connectivity index (χ3v) is 6.72. The van der Waals surface area contributed by atoms with Crippen LogP contribution in [-0.4, -0.2) is 59.2 Å². The highest BCUT2D eigenvalue weighted by atomic mass is 19.4. The van der Waals surface area contributed by atoms with Gasteiger partial charge in [0, 0.05) is 43.7 Å². The molecule has 0 atom stereocenters. The van der Waals surface area contributed by atoms with Gasteiger partial charge >= 0.3 is 12.2 Å². The van der Waals surface area contributed by atoms with Crippen LogP contribution in [0.5, 0.6) is 0 Å². The molecule has 0 N–H and O–H groups in total. The second-order valence-corrected chi connectivity index (χ2v) is 9.22. The number of halogens is 3. The van der Waals surface area contributed by atoms with E-state index in [1.54, 1.807) is 25.5 Å². The summed E-state index contributed by atoms with van der Waals surface area (Å²) in [4.78, 5) is 32.2. The number of fused-ring (bicyclic) bond motifs is 3.